The number of fused-ring (bicyclic) bond motifs is 1. The van der Waals surface area contributed by atoms with Gasteiger partial charge < -0.3 is 5.32 Å². The monoisotopic (exact) mass is 273 g/mol. The molecule has 1 atom stereocenters. The first-order chi connectivity index (χ1) is 9.54. The molecule has 1 fully saturated rings. The molecule has 0 saturated carbocycles. The summed E-state index contributed by atoms with van der Waals surface area (Å²) in [5.41, 5.74) is 1.13. The van der Waals surface area contributed by atoms with Crippen LogP contribution in [0.2, 0.25) is 0 Å². The highest BCUT2D eigenvalue weighted by atomic mass is 15.3. The first-order valence-corrected chi connectivity index (χ1v) is 7.35. The predicted molar refractivity (Wildman–Crippen MR) is 81.0 cm³/mol. The molecule has 0 aromatic carbocycles. The van der Waals surface area contributed by atoms with Crippen molar-refractivity contribution in [2.24, 2.45) is 0 Å². The molecule has 108 valence electrons. The number of aromatic nitrogens is 3. The van der Waals surface area contributed by atoms with Crippen LogP contribution in [0.25, 0.3) is 5.65 Å². The van der Waals surface area contributed by atoms with Gasteiger partial charge in [0.15, 0.2) is 5.65 Å². The highest BCUT2D eigenvalue weighted by Gasteiger charge is 2.32. The van der Waals surface area contributed by atoms with Crippen molar-refractivity contribution >= 4 is 11.5 Å². The van der Waals surface area contributed by atoms with Crippen LogP contribution in [-0.4, -0.2) is 44.2 Å². The summed E-state index contributed by atoms with van der Waals surface area (Å²) >= 11 is 0. The van der Waals surface area contributed by atoms with Gasteiger partial charge in [-0.15, -0.1) is 0 Å². The van der Waals surface area contributed by atoms with Gasteiger partial charge in [0.25, 0.3) is 0 Å². The lowest BCUT2D eigenvalue weighted by Crippen LogP contribution is -2.47. The second-order valence-corrected chi connectivity index (χ2v) is 6.49. The Morgan fingerprint density at radius 2 is 2.20 bits per heavy atom. The summed E-state index contributed by atoms with van der Waals surface area (Å²) in [7, 11) is 0. The minimum Gasteiger partial charge on any atom is -0.368 e. The molecular weight excluding hydrogens is 250 g/mol. The fourth-order valence-corrected chi connectivity index (χ4v) is 3.06. The molecule has 1 N–H and O–H groups in total. The third-order valence-electron chi connectivity index (χ3n) is 4.02. The molecule has 0 unspecified atom stereocenters. The van der Waals surface area contributed by atoms with Gasteiger partial charge in [0.05, 0.1) is 6.20 Å². The maximum Gasteiger partial charge on any atom is 0.157 e. The molecule has 5 nitrogen and oxygen atoms in total. The normalized spacial score (nSPS) is 20.6. The van der Waals surface area contributed by atoms with Gasteiger partial charge in [0.1, 0.15) is 5.82 Å². The van der Waals surface area contributed by atoms with E-state index in [4.69, 9.17) is 0 Å². The van der Waals surface area contributed by atoms with Crippen LogP contribution in [0, 0.1) is 0 Å². The van der Waals surface area contributed by atoms with E-state index in [0.717, 1.165) is 18.0 Å². The molecule has 1 aliphatic rings. The lowest BCUT2D eigenvalue weighted by Gasteiger charge is -2.37. The van der Waals surface area contributed by atoms with Crippen molar-refractivity contribution in [1.29, 1.82) is 0 Å². The number of anilines is 1. The molecular formula is C15H23N5. The van der Waals surface area contributed by atoms with Gasteiger partial charge >= 0.3 is 0 Å². The predicted octanol–water partition coefficient (Wildman–Crippen LogP) is 2.40. The number of likely N-dealkylation sites (tertiary alicyclic amines) is 1. The van der Waals surface area contributed by atoms with Crippen molar-refractivity contribution in [2.75, 3.05) is 18.4 Å². The number of nitrogens with zero attached hydrogens (tertiary/aromatic N) is 4. The molecule has 0 spiro atoms. The third-order valence-corrected chi connectivity index (χ3v) is 4.02. The minimum atomic E-state index is 0.242. The van der Waals surface area contributed by atoms with Crippen molar-refractivity contribution in [3.63, 3.8) is 0 Å². The quantitative estimate of drug-likeness (QED) is 0.933. The lowest BCUT2D eigenvalue weighted by molar-refractivity contribution is 0.127. The average molecular weight is 273 g/mol. The van der Waals surface area contributed by atoms with Gasteiger partial charge in [0.2, 0.25) is 0 Å². The number of hydrogen-bond acceptors (Lipinski definition) is 4. The SMILES string of the molecule is CC(C)(C)N1CCC[C@H]1CNc1ccn2nccc2n1. The van der Waals surface area contributed by atoms with Crippen LogP contribution in [0.5, 0.6) is 0 Å². The van der Waals surface area contributed by atoms with Crippen LogP contribution in [0.15, 0.2) is 24.5 Å². The molecule has 3 heterocycles. The fourth-order valence-electron chi connectivity index (χ4n) is 3.06. The van der Waals surface area contributed by atoms with Crippen molar-refractivity contribution in [3.8, 4) is 0 Å². The molecule has 20 heavy (non-hydrogen) atoms. The first kappa shape index (κ1) is 13.4. The zero-order chi connectivity index (χ0) is 14.2. The Kier molecular flexibility index (Phi) is 3.38. The van der Waals surface area contributed by atoms with E-state index in [1.807, 2.05) is 18.3 Å². The molecule has 0 aliphatic carbocycles. The van der Waals surface area contributed by atoms with Gasteiger partial charge in [-0.05, 0) is 46.2 Å². The highest BCUT2D eigenvalue weighted by molar-refractivity contribution is 5.45. The van der Waals surface area contributed by atoms with Crippen LogP contribution in [0.1, 0.15) is 33.6 Å². The first-order valence-electron chi connectivity index (χ1n) is 7.35. The minimum absolute atomic E-state index is 0.242. The maximum absolute atomic E-state index is 4.55. The van der Waals surface area contributed by atoms with Crippen LogP contribution >= 0.6 is 0 Å². The van der Waals surface area contributed by atoms with Gasteiger partial charge in [-0.25, -0.2) is 9.50 Å². The van der Waals surface area contributed by atoms with Gasteiger partial charge in [-0.1, -0.05) is 0 Å². The standard InChI is InChI=1S/C15H23N5/c1-15(2,3)19-9-4-5-12(19)11-16-13-7-10-20-14(18-13)6-8-17-20/h6-8,10,12H,4-5,9,11H2,1-3H3,(H,16,18)/t12-/m0/s1. The maximum atomic E-state index is 4.55. The summed E-state index contributed by atoms with van der Waals surface area (Å²) in [5.74, 6) is 0.929. The molecule has 2 aromatic rings. The summed E-state index contributed by atoms with van der Waals surface area (Å²) in [4.78, 5) is 7.15. The summed E-state index contributed by atoms with van der Waals surface area (Å²) in [6, 6.07) is 4.50. The van der Waals surface area contributed by atoms with E-state index in [-0.39, 0.29) is 5.54 Å². The summed E-state index contributed by atoms with van der Waals surface area (Å²) in [5, 5.41) is 7.64. The zero-order valence-corrected chi connectivity index (χ0v) is 12.5. The summed E-state index contributed by atoms with van der Waals surface area (Å²) < 4.78 is 1.78. The van der Waals surface area contributed by atoms with Crippen molar-refractivity contribution in [1.82, 2.24) is 19.5 Å². The Bertz CT molecular complexity index is 583. The fraction of sp³-hybridized carbons (Fsp3) is 0.600. The van der Waals surface area contributed by atoms with Crippen LogP contribution in [0.4, 0.5) is 5.82 Å². The van der Waals surface area contributed by atoms with Crippen molar-refractivity contribution in [3.05, 3.63) is 24.5 Å². The Morgan fingerprint density at radius 1 is 1.35 bits per heavy atom. The Hall–Kier alpha value is -1.62. The molecule has 2 aromatic heterocycles. The molecule has 1 saturated heterocycles. The summed E-state index contributed by atoms with van der Waals surface area (Å²) in [6.07, 6.45) is 6.27. The van der Waals surface area contributed by atoms with E-state index in [0.29, 0.717) is 6.04 Å². The van der Waals surface area contributed by atoms with Crippen LogP contribution in [0.3, 0.4) is 0 Å². The van der Waals surface area contributed by atoms with E-state index < -0.39 is 0 Å². The van der Waals surface area contributed by atoms with E-state index in [9.17, 15) is 0 Å². The second-order valence-electron chi connectivity index (χ2n) is 6.49. The van der Waals surface area contributed by atoms with Gasteiger partial charge in [-0.3, -0.25) is 4.90 Å². The molecule has 0 bridgehead atoms. The van der Waals surface area contributed by atoms with Gasteiger partial charge in [0, 0.05) is 30.4 Å². The Labute approximate surface area is 120 Å². The Morgan fingerprint density at radius 3 is 3.00 bits per heavy atom. The topological polar surface area (TPSA) is 45.5 Å². The molecule has 5 heteroatoms. The van der Waals surface area contributed by atoms with E-state index >= 15 is 0 Å². The van der Waals surface area contributed by atoms with E-state index in [2.05, 4.69) is 41.1 Å². The highest BCUT2D eigenvalue weighted by Crippen LogP contribution is 2.26. The summed E-state index contributed by atoms with van der Waals surface area (Å²) in [6.45, 7) is 9.03. The average Bonchev–Trinajstić information content (AvgIpc) is 3.03. The van der Waals surface area contributed by atoms with Gasteiger partial charge in [-0.2, -0.15) is 5.10 Å². The van der Waals surface area contributed by atoms with Crippen molar-refractivity contribution in [2.45, 2.75) is 45.2 Å². The Balaban J connectivity index is 1.66. The largest absolute Gasteiger partial charge is 0.368 e. The van der Waals surface area contributed by atoms with Crippen LogP contribution < -0.4 is 5.32 Å². The van der Waals surface area contributed by atoms with E-state index in [1.165, 1.54) is 19.4 Å². The van der Waals surface area contributed by atoms with E-state index in [1.54, 1.807) is 10.7 Å². The number of nitrogens with one attached hydrogen (secondary N) is 1. The second kappa shape index (κ2) is 5.05. The number of hydrogen-bond donors (Lipinski definition) is 1. The van der Waals surface area contributed by atoms with Crippen molar-refractivity contribution < 1.29 is 0 Å². The molecule has 0 radical (unpaired) electrons. The lowest BCUT2D eigenvalue weighted by atomic mass is 10.0. The zero-order valence-electron chi connectivity index (χ0n) is 12.5. The molecule has 3 rings (SSSR count). The van der Waals surface area contributed by atoms with Crippen LogP contribution in [-0.2, 0) is 0 Å². The third kappa shape index (κ3) is 2.63. The number of rotatable bonds is 3. The molecule has 1 aliphatic heterocycles. The molecule has 0 amide bonds. The smallest absolute Gasteiger partial charge is 0.157 e.